The van der Waals surface area contributed by atoms with E-state index in [1.165, 1.54) is 12.3 Å². The minimum Gasteiger partial charge on any atom is -0.396 e. The summed E-state index contributed by atoms with van der Waals surface area (Å²) in [4.78, 5) is 5.88. The molecule has 0 saturated carbocycles. The molecule has 1 unspecified atom stereocenters. The molecular weight excluding hydrogens is 223 g/mol. The first-order valence-electron chi connectivity index (χ1n) is 5.86. The maximum atomic E-state index is 14.0. The number of anilines is 1. The Kier molecular flexibility index (Phi) is 3.91. The van der Waals surface area contributed by atoms with Crippen LogP contribution < -0.4 is 4.90 Å². The van der Waals surface area contributed by atoms with Gasteiger partial charge in [0, 0.05) is 31.5 Å². The third-order valence-corrected chi connectivity index (χ3v) is 3.20. The smallest absolute Gasteiger partial charge is 0.171 e. The van der Waals surface area contributed by atoms with Crippen molar-refractivity contribution in [3.63, 3.8) is 0 Å². The van der Waals surface area contributed by atoms with Crippen molar-refractivity contribution in [3.8, 4) is 0 Å². The Balaban J connectivity index is 2.21. The van der Waals surface area contributed by atoms with E-state index in [4.69, 9.17) is 10.2 Å². The van der Waals surface area contributed by atoms with E-state index in [0.717, 1.165) is 19.4 Å². The molecule has 0 spiro atoms. The molecule has 0 amide bonds. The Morgan fingerprint density at radius 3 is 3.00 bits per heavy atom. The number of piperidine rings is 1. The number of rotatable bonds is 3. The maximum Gasteiger partial charge on any atom is 0.171 e. The molecule has 5 heteroatoms. The number of halogens is 1. The van der Waals surface area contributed by atoms with Crippen molar-refractivity contribution in [2.75, 3.05) is 24.6 Å². The Labute approximate surface area is 99.7 Å². The number of aliphatic hydroxyl groups excluding tert-OH is 2. The summed E-state index contributed by atoms with van der Waals surface area (Å²) in [6.07, 6.45) is 3.40. The molecule has 94 valence electrons. The summed E-state index contributed by atoms with van der Waals surface area (Å²) in [6, 6.07) is 1.48. The highest BCUT2D eigenvalue weighted by Gasteiger charge is 2.23. The number of aliphatic hydroxyl groups is 2. The van der Waals surface area contributed by atoms with Crippen LogP contribution in [0.15, 0.2) is 12.3 Å². The molecule has 0 aliphatic carbocycles. The SMILES string of the molecule is OCc1ccnc(N2CCCC(CO)C2)c1F. The summed E-state index contributed by atoms with van der Waals surface area (Å²) in [7, 11) is 0. The molecule has 1 saturated heterocycles. The van der Waals surface area contributed by atoms with Gasteiger partial charge in [0.1, 0.15) is 0 Å². The van der Waals surface area contributed by atoms with Gasteiger partial charge in [0.2, 0.25) is 0 Å². The molecule has 0 bridgehead atoms. The highest BCUT2D eigenvalue weighted by molar-refractivity contribution is 5.43. The van der Waals surface area contributed by atoms with E-state index >= 15 is 0 Å². The summed E-state index contributed by atoms with van der Waals surface area (Å²) in [5.74, 6) is 0.0195. The van der Waals surface area contributed by atoms with Crippen LogP contribution in [0.25, 0.3) is 0 Å². The molecule has 1 fully saturated rings. The van der Waals surface area contributed by atoms with Gasteiger partial charge < -0.3 is 15.1 Å². The average Bonchev–Trinajstić information content (AvgIpc) is 2.39. The number of hydrogen-bond donors (Lipinski definition) is 2. The van der Waals surface area contributed by atoms with Gasteiger partial charge in [-0.1, -0.05) is 0 Å². The number of aromatic nitrogens is 1. The van der Waals surface area contributed by atoms with Gasteiger partial charge in [-0.05, 0) is 24.8 Å². The predicted octanol–water partition coefficient (Wildman–Crippen LogP) is 0.922. The third-order valence-electron chi connectivity index (χ3n) is 3.20. The predicted molar refractivity (Wildman–Crippen MR) is 62.1 cm³/mol. The second kappa shape index (κ2) is 5.42. The van der Waals surface area contributed by atoms with Crippen LogP contribution >= 0.6 is 0 Å². The maximum absolute atomic E-state index is 14.0. The Hall–Kier alpha value is -1.20. The van der Waals surface area contributed by atoms with E-state index in [0.29, 0.717) is 6.54 Å². The summed E-state index contributed by atoms with van der Waals surface area (Å²) in [5.41, 5.74) is 0.265. The van der Waals surface area contributed by atoms with E-state index in [-0.39, 0.29) is 30.5 Å². The van der Waals surface area contributed by atoms with E-state index in [2.05, 4.69) is 4.98 Å². The third kappa shape index (κ3) is 2.56. The first kappa shape index (κ1) is 12.3. The minimum atomic E-state index is -0.450. The molecule has 1 aromatic rings. The lowest BCUT2D eigenvalue weighted by atomic mass is 9.99. The molecule has 1 aromatic heterocycles. The van der Waals surface area contributed by atoms with Gasteiger partial charge in [0.05, 0.1) is 6.61 Å². The Morgan fingerprint density at radius 2 is 2.29 bits per heavy atom. The largest absolute Gasteiger partial charge is 0.396 e. The van der Waals surface area contributed by atoms with Crippen molar-refractivity contribution >= 4 is 5.82 Å². The second-order valence-electron chi connectivity index (χ2n) is 4.40. The van der Waals surface area contributed by atoms with Crippen LogP contribution in [0.5, 0.6) is 0 Å². The minimum absolute atomic E-state index is 0.123. The van der Waals surface area contributed by atoms with Crippen LogP contribution in [-0.4, -0.2) is 34.9 Å². The normalized spacial score (nSPS) is 20.6. The van der Waals surface area contributed by atoms with Gasteiger partial charge >= 0.3 is 0 Å². The van der Waals surface area contributed by atoms with E-state index in [1.807, 2.05) is 4.90 Å². The van der Waals surface area contributed by atoms with Crippen molar-refractivity contribution in [3.05, 3.63) is 23.6 Å². The van der Waals surface area contributed by atoms with Crippen LogP contribution in [0.1, 0.15) is 18.4 Å². The zero-order valence-corrected chi connectivity index (χ0v) is 9.64. The topological polar surface area (TPSA) is 56.6 Å². The van der Waals surface area contributed by atoms with Crippen LogP contribution in [0.2, 0.25) is 0 Å². The molecule has 2 heterocycles. The zero-order chi connectivity index (χ0) is 12.3. The van der Waals surface area contributed by atoms with Crippen LogP contribution in [0.3, 0.4) is 0 Å². The van der Waals surface area contributed by atoms with E-state index in [9.17, 15) is 4.39 Å². The standard InChI is InChI=1S/C12H17FN2O2/c13-11-10(8-17)3-4-14-12(11)15-5-1-2-9(6-15)7-16/h3-4,9,16-17H,1-2,5-8H2. The van der Waals surface area contributed by atoms with E-state index < -0.39 is 5.82 Å². The molecule has 0 radical (unpaired) electrons. The van der Waals surface area contributed by atoms with Crippen molar-refractivity contribution in [2.45, 2.75) is 19.4 Å². The van der Waals surface area contributed by atoms with Gasteiger partial charge in [-0.25, -0.2) is 9.37 Å². The van der Waals surface area contributed by atoms with Gasteiger partial charge in [-0.3, -0.25) is 0 Å². The van der Waals surface area contributed by atoms with Crippen molar-refractivity contribution in [1.82, 2.24) is 4.98 Å². The lowest BCUT2D eigenvalue weighted by Gasteiger charge is -2.33. The quantitative estimate of drug-likeness (QED) is 0.825. The van der Waals surface area contributed by atoms with Gasteiger partial charge in [0.25, 0.3) is 0 Å². The number of nitrogens with zero attached hydrogens (tertiary/aromatic N) is 2. The fourth-order valence-electron chi connectivity index (χ4n) is 2.22. The Bertz CT molecular complexity index is 387. The summed E-state index contributed by atoms with van der Waals surface area (Å²) in [5, 5.41) is 18.2. The van der Waals surface area contributed by atoms with Gasteiger partial charge in [0.15, 0.2) is 11.6 Å². The second-order valence-corrected chi connectivity index (χ2v) is 4.40. The van der Waals surface area contributed by atoms with Crippen molar-refractivity contribution in [1.29, 1.82) is 0 Å². The fourth-order valence-corrected chi connectivity index (χ4v) is 2.22. The zero-order valence-electron chi connectivity index (χ0n) is 9.64. The molecule has 0 aromatic carbocycles. The molecule has 1 atom stereocenters. The lowest BCUT2D eigenvalue weighted by Crippen LogP contribution is -2.38. The first-order chi connectivity index (χ1) is 8.26. The molecule has 4 nitrogen and oxygen atoms in total. The van der Waals surface area contributed by atoms with Crippen LogP contribution in [-0.2, 0) is 6.61 Å². The number of pyridine rings is 1. The molecular formula is C12H17FN2O2. The molecule has 1 aliphatic rings. The molecule has 2 N–H and O–H groups in total. The highest BCUT2D eigenvalue weighted by atomic mass is 19.1. The first-order valence-corrected chi connectivity index (χ1v) is 5.86. The summed E-state index contributed by atoms with van der Waals surface area (Å²) >= 11 is 0. The molecule has 17 heavy (non-hydrogen) atoms. The summed E-state index contributed by atoms with van der Waals surface area (Å²) in [6.45, 7) is 1.17. The highest BCUT2D eigenvalue weighted by Crippen LogP contribution is 2.25. The molecule has 1 aliphatic heterocycles. The van der Waals surface area contributed by atoms with Gasteiger partial charge in [-0.2, -0.15) is 0 Å². The van der Waals surface area contributed by atoms with E-state index in [1.54, 1.807) is 0 Å². The Morgan fingerprint density at radius 1 is 1.47 bits per heavy atom. The van der Waals surface area contributed by atoms with Crippen LogP contribution in [0.4, 0.5) is 10.2 Å². The lowest BCUT2D eigenvalue weighted by molar-refractivity contribution is 0.208. The summed E-state index contributed by atoms with van der Waals surface area (Å²) < 4.78 is 14.0. The fraction of sp³-hybridized carbons (Fsp3) is 0.583. The number of hydrogen-bond acceptors (Lipinski definition) is 4. The average molecular weight is 240 g/mol. The van der Waals surface area contributed by atoms with Gasteiger partial charge in [-0.15, -0.1) is 0 Å². The van der Waals surface area contributed by atoms with Crippen LogP contribution in [0, 0.1) is 11.7 Å². The van der Waals surface area contributed by atoms with Crippen molar-refractivity contribution < 1.29 is 14.6 Å². The monoisotopic (exact) mass is 240 g/mol. The molecule has 2 rings (SSSR count). The van der Waals surface area contributed by atoms with Crippen molar-refractivity contribution in [2.24, 2.45) is 5.92 Å².